The van der Waals surface area contributed by atoms with E-state index in [1.807, 2.05) is 0 Å². The molecule has 2 aliphatic carbocycles. The van der Waals surface area contributed by atoms with E-state index in [9.17, 15) is 9.59 Å². The zero-order chi connectivity index (χ0) is 17.1. The number of carbonyl (C=O) groups is 2. The number of hydrogen-bond acceptors (Lipinski definition) is 2. The van der Waals surface area contributed by atoms with Gasteiger partial charge >= 0.3 is 0 Å². The highest BCUT2D eigenvalue weighted by molar-refractivity contribution is 6.30. The van der Waals surface area contributed by atoms with Gasteiger partial charge in [0.2, 0.25) is 5.91 Å². The van der Waals surface area contributed by atoms with E-state index in [1.54, 1.807) is 24.3 Å². The van der Waals surface area contributed by atoms with E-state index in [4.69, 9.17) is 11.6 Å². The summed E-state index contributed by atoms with van der Waals surface area (Å²) in [5.74, 6) is 0.835. The van der Waals surface area contributed by atoms with Crippen molar-refractivity contribution in [2.24, 2.45) is 5.92 Å². The van der Waals surface area contributed by atoms with Crippen LogP contribution in [0.5, 0.6) is 0 Å². The Bertz CT molecular complexity index is 594. The molecule has 2 saturated carbocycles. The Morgan fingerprint density at radius 3 is 2.46 bits per heavy atom. The van der Waals surface area contributed by atoms with E-state index in [0.29, 0.717) is 48.0 Å². The molecule has 2 amide bonds. The predicted octanol–water partition coefficient (Wildman–Crippen LogP) is 3.64. The van der Waals surface area contributed by atoms with Crippen molar-refractivity contribution in [3.05, 3.63) is 34.9 Å². The van der Waals surface area contributed by atoms with Gasteiger partial charge in [0, 0.05) is 35.6 Å². The van der Waals surface area contributed by atoms with Crippen molar-refractivity contribution in [2.45, 2.75) is 57.5 Å². The molecule has 1 aromatic rings. The molecule has 4 nitrogen and oxygen atoms in total. The lowest BCUT2D eigenvalue weighted by atomic mass is 10.1. The fourth-order valence-electron chi connectivity index (χ4n) is 3.20. The third-order valence-corrected chi connectivity index (χ3v) is 5.18. The van der Waals surface area contributed by atoms with Crippen LogP contribution in [0.15, 0.2) is 24.3 Å². The van der Waals surface area contributed by atoms with Crippen molar-refractivity contribution in [3.8, 4) is 0 Å². The van der Waals surface area contributed by atoms with Crippen molar-refractivity contribution in [2.75, 3.05) is 6.54 Å². The second-order valence-corrected chi connectivity index (χ2v) is 7.41. The fraction of sp³-hybridized carbons (Fsp3) is 0.579. The van der Waals surface area contributed by atoms with E-state index in [-0.39, 0.29) is 11.8 Å². The van der Waals surface area contributed by atoms with Crippen LogP contribution in [0.1, 0.15) is 55.8 Å². The van der Waals surface area contributed by atoms with Gasteiger partial charge < -0.3 is 10.2 Å². The van der Waals surface area contributed by atoms with E-state index >= 15 is 0 Å². The van der Waals surface area contributed by atoms with Crippen LogP contribution < -0.4 is 5.32 Å². The molecule has 2 fully saturated rings. The summed E-state index contributed by atoms with van der Waals surface area (Å²) < 4.78 is 0. The summed E-state index contributed by atoms with van der Waals surface area (Å²) in [6.07, 6.45) is 6.00. The van der Waals surface area contributed by atoms with Gasteiger partial charge in [-0.1, -0.05) is 11.6 Å². The first-order valence-corrected chi connectivity index (χ1v) is 9.29. The summed E-state index contributed by atoms with van der Waals surface area (Å²) >= 11 is 5.82. The smallest absolute Gasteiger partial charge is 0.251 e. The quantitative estimate of drug-likeness (QED) is 0.729. The van der Waals surface area contributed by atoms with Gasteiger partial charge in [0.1, 0.15) is 0 Å². The maximum atomic E-state index is 12.5. The molecule has 5 heteroatoms. The van der Waals surface area contributed by atoms with Crippen molar-refractivity contribution >= 4 is 23.4 Å². The summed E-state index contributed by atoms with van der Waals surface area (Å²) in [5, 5.41) is 3.48. The number of carbonyl (C=O) groups excluding carboxylic acids is 2. The van der Waals surface area contributed by atoms with Crippen LogP contribution in [0, 0.1) is 5.92 Å². The first kappa shape index (κ1) is 17.3. The number of nitrogens with one attached hydrogen (secondary N) is 1. The number of nitrogens with zero attached hydrogens (tertiary/aromatic N) is 1. The van der Waals surface area contributed by atoms with Gasteiger partial charge in [-0.05, 0) is 69.2 Å². The molecule has 1 aromatic carbocycles. The molecule has 0 aliphatic heterocycles. The molecule has 0 spiro atoms. The van der Waals surface area contributed by atoms with Crippen LogP contribution in [0.2, 0.25) is 5.02 Å². The Hall–Kier alpha value is -1.55. The monoisotopic (exact) mass is 348 g/mol. The average molecular weight is 349 g/mol. The van der Waals surface area contributed by atoms with Crippen molar-refractivity contribution in [1.29, 1.82) is 0 Å². The Balaban J connectivity index is 1.41. The van der Waals surface area contributed by atoms with E-state index in [1.165, 1.54) is 12.8 Å². The highest BCUT2D eigenvalue weighted by atomic mass is 35.5. The second kappa shape index (κ2) is 7.56. The third-order valence-electron chi connectivity index (χ3n) is 4.93. The summed E-state index contributed by atoms with van der Waals surface area (Å²) in [6, 6.07) is 7.66. The standard InChI is InChI=1S/C19H25ClN2O2/c1-13(14-4-5-14)22(17-10-11-17)18(23)3-2-12-21-19(24)15-6-8-16(20)9-7-15/h6-9,13-14,17H,2-5,10-12H2,1H3,(H,21,24). The molecule has 1 unspecified atom stereocenters. The minimum absolute atomic E-state index is 0.121. The minimum atomic E-state index is -0.121. The highest BCUT2D eigenvalue weighted by Gasteiger charge is 2.41. The predicted molar refractivity (Wildman–Crippen MR) is 95.1 cm³/mol. The molecule has 0 radical (unpaired) electrons. The Labute approximate surface area is 148 Å². The lowest BCUT2D eigenvalue weighted by Crippen LogP contribution is -2.41. The number of benzene rings is 1. The molecule has 24 heavy (non-hydrogen) atoms. The second-order valence-electron chi connectivity index (χ2n) is 6.98. The van der Waals surface area contributed by atoms with Crippen LogP contribution in [0.4, 0.5) is 0 Å². The van der Waals surface area contributed by atoms with Gasteiger partial charge in [0.15, 0.2) is 0 Å². The molecule has 0 aromatic heterocycles. The fourth-order valence-corrected chi connectivity index (χ4v) is 3.32. The maximum Gasteiger partial charge on any atom is 0.251 e. The third kappa shape index (κ3) is 4.50. The molecule has 130 valence electrons. The van der Waals surface area contributed by atoms with Gasteiger partial charge in [0.25, 0.3) is 5.91 Å². The topological polar surface area (TPSA) is 49.4 Å². The van der Waals surface area contributed by atoms with Gasteiger partial charge in [-0.2, -0.15) is 0 Å². The number of halogens is 1. The zero-order valence-corrected chi connectivity index (χ0v) is 14.9. The molecule has 0 bridgehead atoms. The average Bonchev–Trinajstić information content (AvgIpc) is 3.45. The van der Waals surface area contributed by atoms with Crippen molar-refractivity contribution in [3.63, 3.8) is 0 Å². The molecule has 0 heterocycles. The maximum absolute atomic E-state index is 12.5. The normalized spacial score (nSPS) is 18.1. The molecule has 2 aliphatic rings. The summed E-state index contributed by atoms with van der Waals surface area (Å²) in [4.78, 5) is 26.7. The molecule has 1 N–H and O–H groups in total. The molecule has 1 atom stereocenters. The Morgan fingerprint density at radius 2 is 1.88 bits per heavy atom. The molecule has 0 saturated heterocycles. The molecular weight excluding hydrogens is 324 g/mol. The lowest BCUT2D eigenvalue weighted by molar-refractivity contribution is -0.134. The van der Waals surface area contributed by atoms with E-state index in [2.05, 4.69) is 17.1 Å². The SMILES string of the molecule is CC(C1CC1)N(C(=O)CCCNC(=O)c1ccc(Cl)cc1)C1CC1. The van der Waals surface area contributed by atoms with Crippen LogP contribution in [-0.2, 0) is 4.79 Å². The van der Waals surface area contributed by atoms with E-state index < -0.39 is 0 Å². The van der Waals surface area contributed by atoms with Gasteiger partial charge in [-0.3, -0.25) is 9.59 Å². The number of hydrogen-bond donors (Lipinski definition) is 1. The number of rotatable bonds is 8. The Kier molecular flexibility index (Phi) is 5.44. The lowest BCUT2D eigenvalue weighted by Gasteiger charge is -2.29. The van der Waals surface area contributed by atoms with Crippen LogP contribution in [0.25, 0.3) is 0 Å². The zero-order valence-electron chi connectivity index (χ0n) is 14.1. The highest BCUT2D eigenvalue weighted by Crippen LogP contribution is 2.40. The molecular formula is C19H25ClN2O2. The van der Waals surface area contributed by atoms with E-state index in [0.717, 1.165) is 12.8 Å². The summed E-state index contributed by atoms with van der Waals surface area (Å²) in [5.41, 5.74) is 0.590. The number of amides is 2. The van der Waals surface area contributed by atoms with Gasteiger partial charge in [-0.15, -0.1) is 0 Å². The van der Waals surface area contributed by atoms with Crippen LogP contribution in [0.3, 0.4) is 0 Å². The minimum Gasteiger partial charge on any atom is -0.352 e. The first-order valence-electron chi connectivity index (χ1n) is 8.91. The first-order chi connectivity index (χ1) is 11.6. The van der Waals surface area contributed by atoms with Crippen LogP contribution in [-0.4, -0.2) is 35.3 Å². The Morgan fingerprint density at radius 1 is 1.21 bits per heavy atom. The van der Waals surface area contributed by atoms with Crippen molar-refractivity contribution in [1.82, 2.24) is 10.2 Å². The van der Waals surface area contributed by atoms with Crippen LogP contribution >= 0.6 is 11.6 Å². The van der Waals surface area contributed by atoms with Gasteiger partial charge in [0.05, 0.1) is 0 Å². The van der Waals surface area contributed by atoms with Gasteiger partial charge in [-0.25, -0.2) is 0 Å². The van der Waals surface area contributed by atoms with Crippen molar-refractivity contribution < 1.29 is 9.59 Å². The summed E-state index contributed by atoms with van der Waals surface area (Å²) in [7, 11) is 0. The summed E-state index contributed by atoms with van der Waals surface area (Å²) in [6.45, 7) is 2.71. The molecule has 3 rings (SSSR count). The largest absolute Gasteiger partial charge is 0.352 e.